The first kappa shape index (κ1) is 10.9. The van der Waals surface area contributed by atoms with Crippen LogP contribution >= 0.6 is 11.3 Å². The van der Waals surface area contributed by atoms with E-state index in [1.807, 2.05) is 6.92 Å². The van der Waals surface area contributed by atoms with Gasteiger partial charge in [0.25, 0.3) is 0 Å². The molecule has 0 atom stereocenters. The summed E-state index contributed by atoms with van der Waals surface area (Å²) in [6.45, 7) is 2.74. The Hall–Kier alpha value is -0.610. The Bertz CT molecular complexity index is 315. The lowest BCUT2D eigenvalue weighted by Crippen LogP contribution is -2.46. The number of thiazole rings is 1. The second kappa shape index (κ2) is 4.49. The molecule has 0 spiro atoms. The molecule has 0 aromatic carbocycles. The van der Waals surface area contributed by atoms with Crippen molar-refractivity contribution in [1.82, 2.24) is 4.98 Å². The van der Waals surface area contributed by atoms with Crippen molar-refractivity contribution >= 4 is 16.5 Å². The predicted octanol–water partition coefficient (Wildman–Crippen LogP) is 2.53. The first-order chi connectivity index (χ1) is 7.24. The Morgan fingerprint density at radius 1 is 1.47 bits per heavy atom. The average molecular weight is 225 g/mol. The lowest BCUT2D eigenvalue weighted by molar-refractivity contribution is 0.331. The molecule has 0 unspecified atom stereocenters. The van der Waals surface area contributed by atoms with E-state index in [1.54, 1.807) is 11.3 Å². The molecule has 3 nitrogen and oxygen atoms in total. The summed E-state index contributed by atoms with van der Waals surface area (Å²) in [5.41, 5.74) is 7.11. The third-order valence-corrected chi connectivity index (χ3v) is 4.07. The minimum absolute atomic E-state index is 0.114. The maximum absolute atomic E-state index is 5.91. The highest BCUT2D eigenvalue weighted by molar-refractivity contribution is 7.13. The Balaban J connectivity index is 2.06. The van der Waals surface area contributed by atoms with E-state index in [0.717, 1.165) is 10.8 Å². The summed E-state index contributed by atoms with van der Waals surface area (Å²) in [7, 11) is 0. The molecular formula is C11H19N3S. The first-order valence-electron chi connectivity index (χ1n) is 5.64. The summed E-state index contributed by atoms with van der Waals surface area (Å²) in [5, 5.41) is 6.65. The van der Waals surface area contributed by atoms with Crippen LogP contribution in [0.3, 0.4) is 0 Å². The number of rotatable bonds is 3. The van der Waals surface area contributed by atoms with Gasteiger partial charge in [0.2, 0.25) is 0 Å². The summed E-state index contributed by atoms with van der Waals surface area (Å²) in [5.74, 6) is 0. The number of nitrogens with one attached hydrogen (secondary N) is 1. The standard InChI is InChI=1S/C11H19N3S/c1-9-7-15-10(13-9)14-11(8-12)5-3-2-4-6-11/h7H,2-6,8,12H2,1H3,(H,13,14). The van der Waals surface area contributed by atoms with Gasteiger partial charge in [-0.1, -0.05) is 19.3 Å². The van der Waals surface area contributed by atoms with E-state index in [-0.39, 0.29) is 5.54 Å². The smallest absolute Gasteiger partial charge is 0.183 e. The van der Waals surface area contributed by atoms with Crippen molar-refractivity contribution in [2.24, 2.45) is 5.73 Å². The fourth-order valence-corrected chi connectivity index (χ4v) is 3.05. The highest BCUT2D eigenvalue weighted by Crippen LogP contribution is 2.31. The van der Waals surface area contributed by atoms with Crippen LogP contribution in [0.2, 0.25) is 0 Å². The van der Waals surface area contributed by atoms with Crippen molar-refractivity contribution in [3.8, 4) is 0 Å². The van der Waals surface area contributed by atoms with Gasteiger partial charge in [-0.05, 0) is 19.8 Å². The fraction of sp³-hybridized carbons (Fsp3) is 0.727. The minimum Gasteiger partial charge on any atom is -0.355 e. The van der Waals surface area contributed by atoms with Crippen LogP contribution in [-0.4, -0.2) is 17.1 Å². The highest BCUT2D eigenvalue weighted by Gasteiger charge is 2.30. The normalized spacial score (nSPS) is 20.1. The molecule has 1 fully saturated rings. The van der Waals surface area contributed by atoms with E-state index >= 15 is 0 Å². The van der Waals surface area contributed by atoms with Crippen molar-refractivity contribution in [2.75, 3.05) is 11.9 Å². The maximum Gasteiger partial charge on any atom is 0.183 e. The van der Waals surface area contributed by atoms with Crippen LogP contribution in [0.1, 0.15) is 37.8 Å². The van der Waals surface area contributed by atoms with Gasteiger partial charge in [0.1, 0.15) is 0 Å². The number of aryl methyl sites for hydroxylation is 1. The molecule has 0 radical (unpaired) electrons. The number of aromatic nitrogens is 1. The van der Waals surface area contributed by atoms with Crippen molar-refractivity contribution in [3.05, 3.63) is 11.1 Å². The SMILES string of the molecule is Cc1csc(NC2(CN)CCCCC2)n1. The van der Waals surface area contributed by atoms with E-state index in [0.29, 0.717) is 6.54 Å². The largest absolute Gasteiger partial charge is 0.355 e. The third kappa shape index (κ3) is 2.49. The second-order valence-corrected chi connectivity index (χ2v) is 5.32. The predicted molar refractivity (Wildman–Crippen MR) is 65.3 cm³/mol. The van der Waals surface area contributed by atoms with E-state index in [1.165, 1.54) is 32.1 Å². The minimum atomic E-state index is 0.114. The van der Waals surface area contributed by atoms with E-state index in [4.69, 9.17) is 5.73 Å². The van der Waals surface area contributed by atoms with Crippen LogP contribution in [0, 0.1) is 6.92 Å². The lowest BCUT2D eigenvalue weighted by Gasteiger charge is -2.37. The molecule has 1 aliphatic carbocycles. The molecule has 1 aromatic rings. The Morgan fingerprint density at radius 3 is 2.73 bits per heavy atom. The molecule has 1 aliphatic rings. The van der Waals surface area contributed by atoms with Crippen LogP contribution in [-0.2, 0) is 0 Å². The van der Waals surface area contributed by atoms with E-state index in [2.05, 4.69) is 15.7 Å². The van der Waals surface area contributed by atoms with Crippen molar-refractivity contribution in [1.29, 1.82) is 0 Å². The first-order valence-corrected chi connectivity index (χ1v) is 6.52. The van der Waals surface area contributed by atoms with Gasteiger partial charge in [0.05, 0.1) is 11.2 Å². The Kier molecular flexibility index (Phi) is 3.26. The van der Waals surface area contributed by atoms with Gasteiger partial charge in [-0.25, -0.2) is 4.98 Å². The zero-order valence-electron chi connectivity index (χ0n) is 9.25. The molecule has 0 amide bonds. The number of anilines is 1. The highest BCUT2D eigenvalue weighted by atomic mass is 32.1. The molecule has 3 N–H and O–H groups in total. The van der Waals surface area contributed by atoms with Crippen LogP contribution in [0.25, 0.3) is 0 Å². The molecule has 0 aliphatic heterocycles. The van der Waals surface area contributed by atoms with Crippen LogP contribution in [0.4, 0.5) is 5.13 Å². The Morgan fingerprint density at radius 2 is 2.20 bits per heavy atom. The quantitative estimate of drug-likeness (QED) is 0.831. The molecule has 1 heterocycles. The molecule has 84 valence electrons. The summed E-state index contributed by atoms with van der Waals surface area (Å²) in [6.07, 6.45) is 6.29. The number of hydrogen-bond acceptors (Lipinski definition) is 4. The average Bonchev–Trinajstić information content (AvgIpc) is 2.65. The molecule has 0 saturated heterocycles. The lowest BCUT2D eigenvalue weighted by atomic mass is 9.82. The van der Waals surface area contributed by atoms with Crippen molar-refractivity contribution in [2.45, 2.75) is 44.6 Å². The number of nitrogens with zero attached hydrogens (tertiary/aromatic N) is 1. The van der Waals surface area contributed by atoms with Gasteiger partial charge in [-0.15, -0.1) is 11.3 Å². The molecule has 4 heteroatoms. The van der Waals surface area contributed by atoms with E-state index in [9.17, 15) is 0 Å². The second-order valence-electron chi connectivity index (χ2n) is 4.46. The molecule has 0 bridgehead atoms. The van der Waals surface area contributed by atoms with Gasteiger partial charge in [-0.2, -0.15) is 0 Å². The summed E-state index contributed by atoms with van der Waals surface area (Å²) in [4.78, 5) is 4.45. The molecule has 15 heavy (non-hydrogen) atoms. The number of nitrogens with two attached hydrogens (primary N) is 1. The van der Waals surface area contributed by atoms with Gasteiger partial charge >= 0.3 is 0 Å². The zero-order valence-corrected chi connectivity index (χ0v) is 10.1. The summed E-state index contributed by atoms with van der Waals surface area (Å²) < 4.78 is 0. The fourth-order valence-electron chi connectivity index (χ4n) is 2.25. The molecular weight excluding hydrogens is 206 g/mol. The third-order valence-electron chi connectivity index (χ3n) is 3.19. The molecule has 2 rings (SSSR count). The van der Waals surface area contributed by atoms with E-state index < -0.39 is 0 Å². The van der Waals surface area contributed by atoms with Gasteiger partial charge < -0.3 is 11.1 Å². The zero-order chi connectivity index (χ0) is 10.7. The van der Waals surface area contributed by atoms with Crippen molar-refractivity contribution in [3.63, 3.8) is 0 Å². The Labute approximate surface area is 95.1 Å². The summed E-state index contributed by atoms with van der Waals surface area (Å²) >= 11 is 1.68. The topological polar surface area (TPSA) is 50.9 Å². The maximum atomic E-state index is 5.91. The van der Waals surface area contributed by atoms with Gasteiger partial charge in [0, 0.05) is 11.9 Å². The number of hydrogen-bond donors (Lipinski definition) is 2. The monoisotopic (exact) mass is 225 g/mol. The van der Waals surface area contributed by atoms with Crippen molar-refractivity contribution < 1.29 is 0 Å². The van der Waals surface area contributed by atoms with Gasteiger partial charge in [0.15, 0.2) is 5.13 Å². The van der Waals surface area contributed by atoms with Gasteiger partial charge in [-0.3, -0.25) is 0 Å². The van der Waals surface area contributed by atoms with Crippen LogP contribution in [0.15, 0.2) is 5.38 Å². The molecule has 1 aromatic heterocycles. The van der Waals surface area contributed by atoms with Crippen LogP contribution < -0.4 is 11.1 Å². The van der Waals surface area contributed by atoms with Crippen LogP contribution in [0.5, 0.6) is 0 Å². The molecule has 1 saturated carbocycles. The summed E-state index contributed by atoms with van der Waals surface area (Å²) in [6, 6.07) is 0.